The lowest BCUT2D eigenvalue weighted by atomic mass is 10.1. The zero-order valence-corrected chi connectivity index (χ0v) is 16.1. The number of aromatic nitrogens is 2. The summed E-state index contributed by atoms with van der Waals surface area (Å²) in [6, 6.07) is 15.1. The van der Waals surface area contributed by atoms with Crippen molar-refractivity contribution in [3.63, 3.8) is 0 Å². The average Bonchev–Trinajstić information content (AvgIpc) is 3.35. The van der Waals surface area contributed by atoms with Crippen LogP contribution in [0.15, 0.2) is 48.5 Å². The second-order valence-corrected chi connectivity index (χ2v) is 7.51. The summed E-state index contributed by atoms with van der Waals surface area (Å²) in [4.78, 5) is 34.6. The maximum Gasteiger partial charge on any atom is 0.247 e. The standard InChI is InChI=1S/C22H24N4O2/c1-14(2)22(28)26-13-5-8-19(26)21(27)23-16-11-9-15(10-12-16)20-24-17-6-3-4-7-18(17)25-20/h3-4,6-7,9-12,14,19H,5,8,13H2,1-2H3,(H,23,27)(H,24,25). The lowest BCUT2D eigenvalue weighted by Crippen LogP contribution is -2.44. The van der Waals surface area contributed by atoms with Gasteiger partial charge in [0.1, 0.15) is 11.9 Å². The summed E-state index contributed by atoms with van der Waals surface area (Å²) >= 11 is 0. The smallest absolute Gasteiger partial charge is 0.247 e. The monoisotopic (exact) mass is 376 g/mol. The van der Waals surface area contributed by atoms with Gasteiger partial charge in [0.2, 0.25) is 11.8 Å². The molecule has 1 atom stereocenters. The van der Waals surface area contributed by atoms with Crippen LogP contribution in [-0.2, 0) is 9.59 Å². The number of anilines is 1. The third-order valence-electron chi connectivity index (χ3n) is 5.15. The molecule has 2 heterocycles. The van der Waals surface area contributed by atoms with Gasteiger partial charge in [-0.1, -0.05) is 26.0 Å². The minimum atomic E-state index is -0.384. The summed E-state index contributed by atoms with van der Waals surface area (Å²) in [5.41, 5.74) is 3.58. The van der Waals surface area contributed by atoms with Crippen LogP contribution in [0, 0.1) is 5.92 Å². The number of benzene rings is 2. The molecule has 4 rings (SSSR count). The van der Waals surface area contributed by atoms with Crippen LogP contribution in [0.4, 0.5) is 5.69 Å². The average molecular weight is 376 g/mol. The number of hydrogen-bond acceptors (Lipinski definition) is 3. The summed E-state index contributed by atoms with van der Waals surface area (Å²) in [6.45, 7) is 4.39. The van der Waals surface area contributed by atoms with Crippen LogP contribution in [0.1, 0.15) is 26.7 Å². The van der Waals surface area contributed by atoms with Crippen molar-refractivity contribution in [3.05, 3.63) is 48.5 Å². The summed E-state index contributed by atoms with van der Waals surface area (Å²) in [5, 5.41) is 2.95. The summed E-state index contributed by atoms with van der Waals surface area (Å²) in [7, 11) is 0. The Morgan fingerprint density at radius 1 is 1.14 bits per heavy atom. The van der Waals surface area contributed by atoms with Gasteiger partial charge in [-0.2, -0.15) is 0 Å². The van der Waals surface area contributed by atoms with E-state index in [0.29, 0.717) is 18.7 Å². The van der Waals surface area contributed by atoms with Crippen LogP contribution >= 0.6 is 0 Å². The van der Waals surface area contributed by atoms with Gasteiger partial charge in [-0.05, 0) is 49.2 Å². The predicted molar refractivity (Wildman–Crippen MR) is 110 cm³/mol. The molecule has 2 aromatic carbocycles. The van der Waals surface area contributed by atoms with Gasteiger partial charge < -0.3 is 15.2 Å². The maximum absolute atomic E-state index is 12.7. The molecule has 1 aliphatic heterocycles. The van der Waals surface area contributed by atoms with Crippen LogP contribution in [-0.4, -0.2) is 39.3 Å². The number of aromatic amines is 1. The number of carbonyl (C=O) groups is 2. The van der Waals surface area contributed by atoms with E-state index in [1.807, 2.05) is 62.4 Å². The minimum absolute atomic E-state index is 0.0397. The first-order valence-electron chi connectivity index (χ1n) is 9.69. The second kappa shape index (κ2) is 7.46. The van der Waals surface area contributed by atoms with Crippen molar-refractivity contribution < 1.29 is 9.59 Å². The SMILES string of the molecule is CC(C)C(=O)N1CCCC1C(=O)Nc1ccc(-c2nc3ccccc3[nH]2)cc1. The molecule has 144 valence electrons. The Labute approximate surface area is 164 Å². The molecule has 28 heavy (non-hydrogen) atoms. The van der Waals surface area contributed by atoms with Gasteiger partial charge in [-0.25, -0.2) is 4.98 Å². The molecular formula is C22H24N4O2. The number of para-hydroxylation sites is 2. The third-order valence-corrected chi connectivity index (χ3v) is 5.15. The molecule has 0 saturated carbocycles. The highest BCUT2D eigenvalue weighted by Crippen LogP contribution is 2.24. The highest BCUT2D eigenvalue weighted by molar-refractivity contribution is 5.98. The fraction of sp³-hybridized carbons (Fsp3) is 0.318. The molecule has 0 aliphatic carbocycles. The van der Waals surface area contributed by atoms with Crippen molar-refractivity contribution >= 4 is 28.5 Å². The molecule has 2 N–H and O–H groups in total. The number of rotatable bonds is 4. The highest BCUT2D eigenvalue weighted by atomic mass is 16.2. The van der Waals surface area contributed by atoms with Gasteiger partial charge in [0, 0.05) is 23.7 Å². The summed E-state index contributed by atoms with van der Waals surface area (Å²) in [6.07, 6.45) is 1.57. The maximum atomic E-state index is 12.7. The van der Waals surface area contributed by atoms with Crippen LogP contribution in [0.5, 0.6) is 0 Å². The molecule has 3 aromatic rings. The summed E-state index contributed by atoms with van der Waals surface area (Å²) in [5.74, 6) is 0.612. The number of carbonyl (C=O) groups excluding carboxylic acids is 2. The Bertz CT molecular complexity index is 974. The first-order chi connectivity index (χ1) is 13.5. The largest absolute Gasteiger partial charge is 0.338 e. The van der Waals surface area contributed by atoms with Crippen molar-refractivity contribution in [2.75, 3.05) is 11.9 Å². The van der Waals surface area contributed by atoms with Crippen molar-refractivity contribution in [3.8, 4) is 11.4 Å². The normalized spacial score (nSPS) is 16.7. The Morgan fingerprint density at radius 3 is 2.61 bits per heavy atom. The molecule has 0 bridgehead atoms. The molecule has 6 nitrogen and oxygen atoms in total. The quantitative estimate of drug-likeness (QED) is 0.727. The number of likely N-dealkylation sites (tertiary alicyclic amines) is 1. The van der Waals surface area contributed by atoms with E-state index in [1.165, 1.54) is 0 Å². The van der Waals surface area contributed by atoms with Crippen molar-refractivity contribution in [1.29, 1.82) is 0 Å². The van der Waals surface area contributed by atoms with Crippen LogP contribution < -0.4 is 5.32 Å². The van der Waals surface area contributed by atoms with Gasteiger partial charge in [0.15, 0.2) is 0 Å². The zero-order chi connectivity index (χ0) is 19.7. The molecule has 1 saturated heterocycles. The van der Waals surface area contributed by atoms with E-state index < -0.39 is 0 Å². The van der Waals surface area contributed by atoms with Crippen molar-refractivity contribution in [2.45, 2.75) is 32.7 Å². The van der Waals surface area contributed by atoms with E-state index in [4.69, 9.17) is 0 Å². The van der Waals surface area contributed by atoms with Crippen molar-refractivity contribution in [2.24, 2.45) is 5.92 Å². The fourth-order valence-corrected chi connectivity index (χ4v) is 3.66. The predicted octanol–water partition coefficient (Wildman–Crippen LogP) is 3.82. The van der Waals surface area contributed by atoms with E-state index in [9.17, 15) is 9.59 Å². The Hall–Kier alpha value is -3.15. The number of hydrogen-bond donors (Lipinski definition) is 2. The first-order valence-corrected chi connectivity index (χ1v) is 9.69. The summed E-state index contributed by atoms with van der Waals surface area (Å²) < 4.78 is 0. The number of nitrogens with one attached hydrogen (secondary N) is 2. The minimum Gasteiger partial charge on any atom is -0.338 e. The molecule has 1 aromatic heterocycles. The topological polar surface area (TPSA) is 78.1 Å². The molecule has 1 fully saturated rings. The second-order valence-electron chi connectivity index (χ2n) is 7.51. The van der Waals surface area contributed by atoms with E-state index in [1.54, 1.807) is 4.90 Å². The first kappa shape index (κ1) is 18.2. The van der Waals surface area contributed by atoms with E-state index >= 15 is 0 Å². The van der Waals surface area contributed by atoms with Gasteiger partial charge in [0.05, 0.1) is 11.0 Å². The van der Waals surface area contributed by atoms with Gasteiger partial charge >= 0.3 is 0 Å². The molecule has 6 heteroatoms. The Balaban J connectivity index is 1.47. The lowest BCUT2D eigenvalue weighted by Gasteiger charge is -2.25. The van der Waals surface area contributed by atoms with Crippen LogP contribution in [0.25, 0.3) is 22.4 Å². The number of nitrogens with zero attached hydrogens (tertiary/aromatic N) is 2. The van der Waals surface area contributed by atoms with E-state index in [-0.39, 0.29) is 23.8 Å². The third kappa shape index (κ3) is 3.50. The van der Waals surface area contributed by atoms with Gasteiger partial charge in [0.25, 0.3) is 0 Å². The number of imidazole rings is 1. The molecular weight excluding hydrogens is 352 g/mol. The Kier molecular flexibility index (Phi) is 4.86. The molecule has 0 radical (unpaired) electrons. The molecule has 1 unspecified atom stereocenters. The van der Waals surface area contributed by atoms with Crippen LogP contribution in [0.3, 0.4) is 0 Å². The zero-order valence-electron chi connectivity index (χ0n) is 16.1. The van der Waals surface area contributed by atoms with Gasteiger partial charge in [-0.3, -0.25) is 9.59 Å². The molecule has 2 amide bonds. The number of fused-ring (bicyclic) bond motifs is 1. The Morgan fingerprint density at radius 2 is 1.89 bits per heavy atom. The van der Waals surface area contributed by atoms with E-state index in [2.05, 4.69) is 15.3 Å². The van der Waals surface area contributed by atoms with E-state index in [0.717, 1.165) is 28.8 Å². The fourth-order valence-electron chi connectivity index (χ4n) is 3.66. The van der Waals surface area contributed by atoms with Crippen LogP contribution in [0.2, 0.25) is 0 Å². The molecule has 0 spiro atoms. The number of amides is 2. The number of H-pyrrole nitrogens is 1. The molecule has 1 aliphatic rings. The highest BCUT2D eigenvalue weighted by Gasteiger charge is 2.34. The van der Waals surface area contributed by atoms with Crippen molar-refractivity contribution in [1.82, 2.24) is 14.9 Å². The lowest BCUT2D eigenvalue weighted by molar-refractivity contribution is -0.139. The van der Waals surface area contributed by atoms with Gasteiger partial charge in [-0.15, -0.1) is 0 Å².